The molecule has 0 saturated heterocycles. The highest BCUT2D eigenvalue weighted by Crippen LogP contribution is 2.21. The lowest BCUT2D eigenvalue weighted by Gasteiger charge is -2.03. The topological polar surface area (TPSA) is 12.4 Å². The zero-order chi connectivity index (χ0) is 10.6. The van der Waals surface area contributed by atoms with Crippen LogP contribution in [-0.4, -0.2) is 12.3 Å². The molecule has 1 nitrogen and oxygen atoms in total. The summed E-state index contributed by atoms with van der Waals surface area (Å²) < 4.78 is 0. The molecule has 0 unspecified atom stereocenters. The van der Waals surface area contributed by atoms with Gasteiger partial charge in [0, 0.05) is 22.8 Å². The van der Waals surface area contributed by atoms with Gasteiger partial charge in [-0.2, -0.15) is 0 Å². The molecule has 0 aliphatic rings. The minimum absolute atomic E-state index is 0.655. The van der Waals surface area contributed by atoms with Crippen LogP contribution in [0.5, 0.6) is 0 Å². The van der Waals surface area contributed by atoms with E-state index in [0.29, 0.717) is 10.0 Å². The number of nitrogens with zero attached hydrogens (tertiary/aromatic N) is 1. The standard InChI is InChI=1S/C11H13Cl2N/c1-3-6-14-8(2)10-5-4-9(12)7-11(10)13/h4-5,7H,3,6H2,1-2H3. The van der Waals surface area contributed by atoms with E-state index in [-0.39, 0.29) is 0 Å². The minimum atomic E-state index is 0.655. The number of rotatable bonds is 3. The summed E-state index contributed by atoms with van der Waals surface area (Å²) in [6.45, 7) is 4.90. The van der Waals surface area contributed by atoms with E-state index in [9.17, 15) is 0 Å². The van der Waals surface area contributed by atoms with E-state index in [2.05, 4.69) is 11.9 Å². The molecule has 0 heterocycles. The number of hydrogen-bond donors (Lipinski definition) is 0. The van der Waals surface area contributed by atoms with Crippen LogP contribution in [0.25, 0.3) is 0 Å². The normalized spacial score (nSPS) is 11.9. The van der Waals surface area contributed by atoms with E-state index in [1.54, 1.807) is 6.07 Å². The molecule has 0 aliphatic carbocycles. The number of benzene rings is 1. The van der Waals surface area contributed by atoms with Crippen LogP contribution in [0, 0.1) is 0 Å². The monoisotopic (exact) mass is 229 g/mol. The molecule has 0 fully saturated rings. The van der Waals surface area contributed by atoms with Crippen molar-refractivity contribution in [3.05, 3.63) is 33.8 Å². The average Bonchev–Trinajstić information content (AvgIpc) is 2.14. The summed E-state index contributed by atoms with van der Waals surface area (Å²) in [6, 6.07) is 5.47. The molecule has 1 aromatic rings. The largest absolute Gasteiger partial charge is 0.289 e. The molecule has 1 aromatic carbocycles. The third-order valence-electron chi connectivity index (χ3n) is 1.89. The van der Waals surface area contributed by atoms with Crippen LogP contribution in [0.3, 0.4) is 0 Å². The summed E-state index contributed by atoms with van der Waals surface area (Å²) in [5, 5.41) is 1.32. The molecular weight excluding hydrogens is 217 g/mol. The van der Waals surface area contributed by atoms with Gasteiger partial charge in [-0.05, 0) is 25.5 Å². The Morgan fingerprint density at radius 2 is 2.07 bits per heavy atom. The predicted molar refractivity (Wildman–Crippen MR) is 63.8 cm³/mol. The van der Waals surface area contributed by atoms with Gasteiger partial charge in [0.2, 0.25) is 0 Å². The summed E-state index contributed by atoms with van der Waals surface area (Å²) in [5.74, 6) is 0. The fourth-order valence-corrected chi connectivity index (χ4v) is 1.69. The van der Waals surface area contributed by atoms with E-state index in [4.69, 9.17) is 23.2 Å². The first kappa shape index (κ1) is 11.5. The van der Waals surface area contributed by atoms with Crippen molar-refractivity contribution >= 4 is 28.9 Å². The SMILES string of the molecule is CCCN=C(C)c1ccc(Cl)cc1Cl. The molecule has 0 aromatic heterocycles. The summed E-state index contributed by atoms with van der Waals surface area (Å²) in [5.41, 5.74) is 1.93. The third-order valence-corrected chi connectivity index (χ3v) is 2.44. The summed E-state index contributed by atoms with van der Waals surface area (Å²) in [7, 11) is 0. The number of halogens is 2. The molecule has 0 saturated carbocycles. The molecule has 0 aliphatic heterocycles. The Hall–Kier alpha value is -0.530. The van der Waals surface area contributed by atoms with Crippen LogP contribution in [0.2, 0.25) is 10.0 Å². The second kappa shape index (κ2) is 5.38. The first-order valence-corrected chi connectivity index (χ1v) is 5.37. The molecule has 0 spiro atoms. The van der Waals surface area contributed by atoms with Gasteiger partial charge in [0.1, 0.15) is 0 Å². The lowest BCUT2D eigenvalue weighted by atomic mass is 10.1. The third kappa shape index (κ3) is 3.00. The highest BCUT2D eigenvalue weighted by atomic mass is 35.5. The van der Waals surface area contributed by atoms with E-state index in [0.717, 1.165) is 24.2 Å². The van der Waals surface area contributed by atoms with Crippen LogP contribution in [-0.2, 0) is 0 Å². The first-order chi connectivity index (χ1) is 6.65. The van der Waals surface area contributed by atoms with Gasteiger partial charge in [-0.15, -0.1) is 0 Å². The summed E-state index contributed by atoms with van der Waals surface area (Å²) >= 11 is 11.8. The van der Waals surface area contributed by atoms with Crippen molar-refractivity contribution < 1.29 is 0 Å². The predicted octanol–water partition coefficient (Wildman–Crippen LogP) is 4.21. The molecule has 0 radical (unpaired) electrons. The minimum Gasteiger partial charge on any atom is -0.289 e. The second-order valence-electron chi connectivity index (χ2n) is 3.09. The summed E-state index contributed by atoms with van der Waals surface area (Å²) in [6.07, 6.45) is 1.04. The Balaban J connectivity index is 2.95. The maximum atomic E-state index is 6.04. The van der Waals surface area contributed by atoms with E-state index >= 15 is 0 Å². The van der Waals surface area contributed by atoms with Gasteiger partial charge in [-0.25, -0.2) is 0 Å². The summed E-state index contributed by atoms with van der Waals surface area (Å²) in [4.78, 5) is 4.39. The molecule has 76 valence electrons. The van der Waals surface area contributed by atoms with Crippen molar-refractivity contribution in [2.24, 2.45) is 4.99 Å². The Morgan fingerprint density at radius 3 is 2.64 bits per heavy atom. The smallest absolute Gasteiger partial charge is 0.0511 e. The fourth-order valence-electron chi connectivity index (χ4n) is 1.15. The Morgan fingerprint density at radius 1 is 1.36 bits per heavy atom. The lowest BCUT2D eigenvalue weighted by molar-refractivity contribution is 0.931. The van der Waals surface area contributed by atoms with Crippen molar-refractivity contribution in [1.82, 2.24) is 0 Å². The molecule has 14 heavy (non-hydrogen) atoms. The van der Waals surface area contributed by atoms with Crippen LogP contribution in [0.1, 0.15) is 25.8 Å². The highest BCUT2D eigenvalue weighted by molar-refractivity contribution is 6.36. The molecule has 0 N–H and O–H groups in total. The number of hydrogen-bond acceptors (Lipinski definition) is 1. The van der Waals surface area contributed by atoms with E-state index < -0.39 is 0 Å². The van der Waals surface area contributed by atoms with E-state index in [1.165, 1.54) is 0 Å². The molecule has 3 heteroatoms. The van der Waals surface area contributed by atoms with Crippen LogP contribution in [0.15, 0.2) is 23.2 Å². The average molecular weight is 230 g/mol. The van der Waals surface area contributed by atoms with Gasteiger partial charge in [0.05, 0.1) is 5.02 Å². The van der Waals surface area contributed by atoms with Crippen molar-refractivity contribution in [2.45, 2.75) is 20.3 Å². The first-order valence-electron chi connectivity index (χ1n) is 4.61. The van der Waals surface area contributed by atoms with Crippen molar-refractivity contribution in [3.8, 4) is 0 Å². The number of aliphatic imine (C=N–C) groups is 1. The molecule has 0 bridgehead atoms. The van der Waals surface area contributed by atoms with Crippen molar-refractivity contribution in [1.29, 1.82) is 0 Å². The van der Waals surface area contributed by atoms with Gasteiger partial charge in [-0.1, -0.05) is 36.2 Å². The Kier molecular flexibility index (Phi) is 4.43. The van der Waals surface area contributed by atoms with Crippen molar-refractivity contribution in [3.63, 3.8) is 0 Å². The van der Waals surface area contributed by atoms with Crippen LogP contribution < -0.4 is 0 Å². The molecular formula is C11H13Cl2N. The maximum absolute atomic E-state index is 6.04. The van der Waals surface area contributed by atoms with Gasteiger partial charge in [0.15, 0.2) is 0 Å². The Labute approximate surface area is 94.8 Å². The van der Waals surface area contributed by atoms with Crippen LogP contribution >= 0.6 is 23.2 Å². The van der Waals surface area contributed by atoms with Gasteiger partial charge >= 0.3 is 0 Å². The molecule has 1 rings (SSSR count). The zero-order valence-corrected chi connectivity index (χ0v) is 9.86. The second-order valence-corrected chi connectivity index (χ2v) is 3.93. The Bertz CT molecular complexity index is 345. The lowest BCUT2D eigenvalue weighted by Crippen LogP contribution is -1.97. The van der Waals surface area contributed by atoms with Crippen LogP contribution in [0.4, 0.5) is 0 Å². The quantitative estimate of drug-likeness (QED) is 0.689. The van der Waals surface area contributed by atoms with Gasteiger partial charge in [0.25, 0.3) is 0 Å². The maximum Gasteiger partial charge on any atom is 0.0511 e. The fraction of sp³-hybridized carbons (Fsp3) is 0.364. The highest BCUT2D eigenvalue weighted by Gasteiger charge is 2.03. The molecule has 0 atom stereocenters. The van der Waals surface area contributed by atoms with Gasteiger partial charge < -0.3 is 0 Å². The molecule has 0 amide bonds. The van der Waals surface area contributed by atoms with E-state index in [1.807, 2.05) is 19.1 Å². The zero-order valence-electron chi connectivity index (χ0n) is 8.35. The van der Waals surface area contributed by atoms with Crippen molar-refractivity contribution in [2.75, 3.05) is 6.54 Å². The van der Waals surface area contributed by atoms with Gasteiger partial charge in [-0.3, -0.25) is 4.99 Å².